The summed E-state index contributed by atoms with van der Waals surface area (Å²) in [4.78, 5) is 0. The average molecular weight is 253 g/mol. The highest BCUT2D eigenvalue weighted by molar-refractivity contribution is 7.98. The summed E-state index contributed by atoms with van der Waals surface area (Å²) >= 11 is 1.90. The lowest BCUT2D eigenvalue weighted by Crippen LogP contribution is -2.22. The van der Waals surface area contributed by atoms with E-state index < -0.39 is 0 Å². The number of hydrogen-bond acceptors (Lipinski definition) is 3. The summed E-state index contributed by atoms with van der Waals surface area (Å²) in [6.07, 6.45) is 3.33. The first-order valence-electron chi connectivity index (χ1n) is 6.09. The van der Waals surface area contributed by atoms with Gasteiger partial charge in [0.1, 0.15) is 5.75 Å². The molecule has 1 rings (SSSR count). The second-order valence-electron chi connectivity index (χ2n) is 4.11. The van der Waals surface area contributed by atoms with E-state index in [4.69, 9.17) is 4.74 Å². The van der Waals surface area contributed by atoms with Gasteiger partial charge in [-0.1, -0.05) is 13.0 Å². The molecule has 0 radical (unpaired) electrons. The molecule has 1 aromatic rings. The highest BCUT2D eigenvalue weighted by Gasteiger charge is 2.12. The highest BCUT2D eigenvalue weighted by Crippen LogP contribution is 2.25. The summed E-state index contributed by atoms with van der Waals surface area (Å²) in [6.45, 7) is 5.32. The third kappa shape index (κ3) is 4.25. The van der Waals surface area contributed by atoms with Crippen LogP contribution in [0.25, 0.3) is 0 Å². The molecule has 1 atom stereocenters. The maximum atomic E-state index is 5.25. The van der Waals surface area contributed by atoms with Crippen LogP contribution in [0.1, 0.15) is 30.5 Å². The van der Waals surface area contributed by atoms with Crippen molar-refractivity contribution in [2.75, 3.05) is 25.7 Å². The Morgan fingerprint density at radius 2 is 2.18 bits per heavy atom. The molecule has 0 saturated carbocycles. The van der Waals surface area contributed by atoms with Crippen molar-refractivity contribution in [2.45, 2.75) is 26.3 Å². The Bertz CT molecular complexity index is 341. The number of benzene rings is 1. The molecule has 0 aliphatic carbocycles. The van der Waals surface area contributed by atoms with E-state index in [1.807, 2.05) is 17.8 Å². The van der Waals surface area contributed by atoms with Crippen molar-refractivity contribution < 1.29 is 4.74 Å². The Morgan fingerprint density at radius 1 is 1.41 bits per heavy atom. The molecule has 96 valence electrons. The molecule has 0 heterocycles. The molecule has 0 fully saturated rings. The summed E-state index contributed by atoms with van der Waals surface area (Å²) < 4.78 is 5.25. The highest BCUT2D eigenvalue weighted by atomic mass is 32.2. The molecule has 0 amide bonds. The molecule has 0 saturated heterocycles. The van der Waals surface area contributed by atoms with Crippen molar-refractivity contribution in [2.24, 2.45) is 0 Å². The first-order chi connectivity index (χ1) is 8.22. The molecule has 0 bridgehead atoms. The molecule has 1 N–H and O–H groups in total. The van der Waals surface area contributed by atoms with Crippen molar-refractivity contribution >= 4 is 11.8 Å². The van der Waals surface area contributed by atoms with E-state index in [1.165, 1.54) is 23.3 Å². The standard InChI is InChI=1S/C14H23NOS/c1-5-15-14(8-9-17-4)13-7-6-12(16-3)10-11(13)2/h6-7,10,14-15H,5,8-9H2,1-4H3. The van der Waals surface area contributed by atoms with Gasteiger partial charge in [-0.3, -0.25) is 0 Å². The lowest BCUT2D eigenvalue weighted by molar-refractivity contribution is 0.413. The van der Waals surface area contributed by atoms with Crippen molar-refractivity contribution in [3.63, 3.8) is 0 Å². The van der Waals surface area contributed by atoms with Crippen LogP contribution in [0.2, 0.25) is 0 Å². The molecule has 2 nitrogen and oxygen atoms in total. The fourth-order valence-electron chi connectivity index (χ4n) is 2.02. The van der Waals surface area contributed by atoms with E-state index in [-0.39, 0.29) is 0 Å². The summed E-state index contributed by atoms with van der Waals surface area (Å²) in [5.41, 5.74) is 2.69. The molecular formula is C14H23NOS. The molecular weight excluding hydrogens is 230 g/mol. The number of hydrogen-bond donors (Lipinski definition) is 1. The largest absolute Gasteiger partial charge is 0.497 e. The van der Waals surface area contributed by atoms with Gasteiger partial charge in [-0.25, -0.2) is 0 Å². The number of ether oxygens (including phenoxy) is 1. The lowest BCUT2D eigenvalue weighted by Gasteiger charge is -2.20. The molecule has 0 aliphatic rings. The maximum absolute atomic E-state index is 5.25. The Balaban J connectivity index is 2.85. The molecule has 1 aromatic carbocycles. The minimum atomic E-state index is 0.457. The lowest BCUT2D eigenvalue weighted by atomic mass is 9.99. The van der Waals surface area contributed by atoms with Gasteiger partial charge in [0.2, 0.25) is 0 Å². The number of methoxy groups -OCH3 is 1. The molecule has 0 aromatic heterocycles. The Hall–Kier alpha value is -0.670. The molecule has 0 spiro atoms. The molecule has 1 unspecified atom stereocenters. The Labute approximate surface area is 109 Å². The zero-order valence-electron chi connectivity index (χ0n) is 11.2. The normalized spacial score (nSPS) is 12.5. The molecule has 17 heavy (non-hydrogen) atoms. The van der Waals surface area contributed by atoms with Crippen molar-refractivity contribution in [1.29, 1.82) is 0 Å². The fraction of sp³-hybridized carbons (Fsp3) is 0.571. The van der Waals surface area contributed by atoms with Crippen molar-refractivity contribution in [3.05, 3.63) is 29.3 Å². The maximum Gasteiger partial charge on any atom is 0.119 e. The van der Waals surface area contributed by atoms with Crippen LogP contribution in [0.5, 0.6) is 5.75 Å². The van der Waals surface area contributed by atoms with Crippen LogP contribution in [0.15, 0.2) is 18.2 Å². The van der Waals surface area contributed by atoms with Gasteiger partial charge >= 0.3 is 0 Å². The van der Waals surface area contributed by atoms with Crippen LogP contribution in [0.3, 0.4) is 0 Å². The van der Waals surface area contributed by atoms with Gasteiger partial charge in [0.15, 0.2) is 0 Å². The number of nitrogens with one attached hydrogen (secondary N) is 1. The van der Waals surface area contributed by atoms with Crippen LogP contribution in [-0.2, 0) is 0 Å². The van der Waals surface area contributed by atoms with Crippen LogP contribution in [0.4, 0.5) is 0 Å². The van der Waals surface area contributed by atoms with Gasteiger partial charge in [0, 0.05) is 6.04 Å². The second-order valence-corrected chi connectivity index (χ2v) is 5.10. The third-order valence-corrected chi connectivity index (χ3v) is 3.56. The predicted molar refractivity (Wildman–Crippen MR) is 77.1 cm³/mol. The van der Waals surface area contributed by atoms with Crippen molar-refractivity contribution in [3.8, 4) is 5.75 Å². The van der Waals surface area contributed by atoms with E-state index in [9.17, 15) is 0 Å². The third-order valence-electron chi connectivity index (χ3n) is 2.91. The first kappa shape index (κ1) is 14.4. The Morgan fingerprint density at radius 3 is 2.71 bits per heavy atom. The van der Waals surface area contributed by atoms with Gasteiger partial charge in [-0.05, 0) is 55.2 Å². The Kier molecular flexibility index (Phi) is 6.45. The summed E-state index contributed by atoms with van der Waals surface area (Å²) in [6, 6.07) is 6.80. The van der Waals surface area contributed by atoms with Crippen LogP contribution >= 0.6 is 11.8 Å². The zero-order valence-corrected chi connectivity index (χ0v) is 12.1. The zero-order chi connectivity index (χ0) is 12.7. The van der Waals surface area contributed by atoms with E-state index in [0.717, 1.165) is 12.3 Å². The molecule has 3 heteroatoms. The average Bonchev–Trinajstić information content (AvgIpc) is 2.34. The van der Waals surface area contributed by atoms with E-state index in [1.54, 1.807) is 7.11 Å². The second kappa shape index (κ2) is 7.62. The number of rotatable bonds is 7. The van der Waals surface area contributed by atoms with Gasteiger partial charge in [0.25, 0.3) is 0 Å². The minimum Gasteiger partial charge on any atom is -0.497 e. The summed E-state index contributed by atoms with van der Waals surface area (Å²) in [5.74, 6) is 2.12. The van der Waals surface area contributed by atoms with Crippen LogP contribution in [0, 0.1) is 6.92 Å². The van der Waals surface area contributed by atoms with Gasteiger partial charge in [0.05, 0.1) is 7.11 Å². The van der Waals surface area contributed by atoms with Crippen LogP contribution < -0.4 is 10.1 Å². The topological polar surface area (TPSA) is 21.3 Å². The van der Waals surface area contributed by atoms with E-state index in [0.29, 0.717) is 6.04 Å². The summed E-state index contributed by atoms with van der Waals surface area (Å²) in [7, 11) is 1.71. The van der Waals surface area contributed by atoms with Crippen LogP contribution in [-0.4, -0.2) is 25.7 Å². The van der Waals surface area contributed by atoms with E-state index >= 15 is 0 Å². The van der Waals surface area contributed by atoms with Crippen molar-refractivity contribution in [1.82, 2.24) is 5.32 Å². The molecule has 0 aliphatic heterocycles. The SMILES string of the molecule is CCNC(CCSC)c1ccc(OC)cc1C. The smallest absolute Gasteiger partial charge is 0.119 e. The van der Waals surface area contributed by atoms with Gasteiger partial charge in [-0.15, -0.1) is 0 Å². The van der Waals surface area contributed by atoms with E-state index in [2.05, 4.69) is 37.6 Å². The predicted octanol–water partition coefficient (Wildman–Crippen LogP) is 3.41. The first-order valence-corrected chi connectivity index (χ1v) is 7.49. The number of thioether (sulfide) groups is 1. The quantitative estimate of drug-likeness (QED) is 0.804. The van der Waals surface area contributed by atoms with Gasteiger partial charge in [-0.2, -0.15) is 11.8 Å². The minimum absolute atomic E-state index is 0.457. The monoisotopic (exact) mass is 253 g/mol. The fourth-order valence-corrected chi connectivity index (χ4v) is 2.49. The summed E-state index contributed by atoms with van der Waals surface area (Å²) in [5, 5.41) is 3.56. The number of aryl methyl sites for hydroxylation is 1. The van der Waals surface area contributed by atoms with Gasteiger partial charge < -0.3 is 10.1 Å².